The number of carbonyl (C=O) groups is 2. The zero-order valence-corrected chi connectivity index (χ0v) is 11.2. The Morgan fingerprint density at radius 3 is 2.14 bits per heavy atom. The molecule has 8 heteroatoms. The topological polar surface area (TPSA) is 78.4 Å². The van der Waals surface area contributed by atoms with Crippen molar-refractivity contribution in [3.8, 4) is 0 Å². The summed E-state index contributed by atoms with van der Waals surface area (Å²) in [5.41, 5.74) is -0.621. The highest BCUT2D eigenvalue weighted by molar-refractivity contribution is 6.35. The van der Waals surface area contributed by atoms with Crippen LogP contribution in [0.25, 0.3) is 0 Å². The first-order chi connectivity index (χ1) is 9.75. The van der Waals surface area contributed by atoms with Crippen molar-refractivity contribution in [2.75, 3.05) is 13.1 Å². The van der Waals surface area contributed by atoms with Gasteiger partial charge in [0.05, 0.1) is 11.7 Å². The molecule has 0 aliphatic heterocycles. The zero-order valence-electron chi connectivity index (χ0n) is 11.2. The first kappa shape index (κ1) is 17.0. The van der Waals surface area contributed by atoms with Gasteiger partial charge in [-0.1, -0.05) is 12.1 Å². The van der Waals surface area contributed by atoms with E-state index in [1.54, 1.807) is 6.92 Å². The second-order valence-electron chi connectivity index (χ2n) is 4.21. The Hall–Kier alpha value is -2.09. The number of aliphatic hydroxyl groups excluding tert-OH is 1. The van der Waals surface area contributed by atoms with E-state index >= 15 is 0 Å². The van der Waals surface area contributed by atoms with Gasteiger partial charge in [0, 0.05) is 13.1 Å². The fourth-order valence-corrected chi connectivity index (χ4v) is 1.52. The summed E-state index contributed by atoms with van der Waals surface area (Å²) in [5.74, 6) is -1.75. The largest absolute Gasteiger partial charge is 0.416 e. The number of amides is 2. The predicted molar refractivity (Wildman–Crippen MR) is 68.1 cm³/mol. The Balaban J connectivity index is 2.58. The molecule has 0 saturated heterocycles. The minimum Gasteiger partial charge on any atom is -0.387 e. The lowest BCUT2D eigenvalue weighted by Gasteiger charge is -2.13. The Labute approximate surface area is 119 Å². The van der Waals surface area contributed by atoms with Crippen LogP contribution in [-0.2, 0) is 15.8 Å². The summed E-state index contributed by atoms with van der Waals surface area (Å²) in [4.78, 5) is 22.4. The fourth-order valence-electron chi connectivity index (χ4n) is 1.52. The number of benzene rings is 1. The van der Waals surface area contributed by atoms with Crippen molar-refractivity contribution in [2.45, 2.75) is 19.2 Å². The minimum atomic E-state index is -4.45. The number of aliphatic hydroxyl groups is 1. The Morgan fingerprint density at radius 1 is 1.14 bits per heavy atom. The fraction of sp³-hybridized carbons (Fsp3) is 0.385. The molecular weight excluding hydrogens is 289 g/mol. The van der Waals surface area contributed by atoms with Gasteiger partial charge in [-0.15, -0.1) is 0 Å². The van der Waals surface area contributed by atoms with Gasteiger partial charge in [0.1, 0.15) is 0 Å². The van der Waals surface area contributed by atoms with Gasteiger partial charge < -0.3 is 15.7 Å². The molecule has 5 nitrogen and oxygen atoms in total. The van der Waals surface area contributed by atoms with Crippen LogP contribution in [0.3, 0.4) is 0 Å². The number of halogens is 3. The predicted octanol–water partition coefficient (Wildman–Crippen LogP) is 0.991. The molecule has 21 heavy (non-hydrogen) atoms. The van der Waals surface area contributed by atoms with Crippen molar-refractivity contribution in [3.63, 3.8) is 0 Å². The smallest absolute Gasteiger partial charge is 0.387 e. The van der Waals surface area contributed by atoms with Gasteiger partial charge >= 0.3 is 18.0 Å². The number of nitrogens with one attached hydrogen (secondary N) is 2. The second-order valence-corrected chi connectivity index (χ2v) is 4.21. The zero-order chi connectivity index (χ0) is 16.0. The van der Waals surface area contributed by atoms with E-state index in [9.17, 15) is 27.9 Å². The molecule has 1 aromatic rings. The van der Waals surface area contributed by atoms with Gasteiger partial charge in [0.25, 0.3) is 0 Å². The number of rotatable bonds is 4. The molecule has 0 fully saturated rings. The molecule has 0 spiro atoms. The molecule has 3 N–H and O–H groups in total. The van der Waals surface area contributed by atoms with Gasteiger partial charge in [-0.05, 0) is 24.6 Å². The highest BCUT2D eigenvalue weighted by Gasteiger charge is 2.30. The third kappa shape index (κ3) is 5.07. The summed E-state index contributed by atoms with van der Waals surface area (Å²) in [6.07, 6.45) is -5.65. The molecule has 1 atom stereocenters. The van der Waals surface area contributed by atoms with Gasteiger partial charge in [0.2, 0.25) is 0 Å². The lowest BCUT2D eigenvalue weighted by Crippen LogP contribution is -2.41. The molecule has 116 valence electrons. The van der Waals surface area contributed by atoms with Crippen LogP contribution in [0.1, 0.15) is 24.2 Å². The van der Waals surface area contributed by atoms with E-state index < -0.39 is 29.7 Å². The van der Waals surface area contributed by atoms with Crippen molar-refractivity contribution in [1.29, 1.82) is 0 Å². The number of carbonyl (C=O) groups excluding carboxylic acids is 2. The lowest BCUT2D eigenvalue weighted by atomic mass is 10.1. The van der Waals surface area contributed by atoms with Gasteiger partial charge in [0.15, 0.2) is 0 Å². The quantitative estimate of drug-likeness (QED) is 0.726. The molecule has 0 bridgehead atoms. The molecule has 0 aliphatic carbocycles. The molecule has 0 aromatic heterocycles. The summed E-state index contributed by atoms with van der Waals surface area (Å²) in [6.45, 7) is 1.65. The van der Waals surface area contributed by atoms with Gasteiger partial charge in [-0.3, -0.25) is 9.59 Å². The summed E-state index contributed by atoms with van der Waals surface area (Å²) >= 11 is 0. The Morgan fingerprint density at radius 2 is 1.67 bits per heavy atom. The first-order valence-electron chi connectivity index (χ1n) is 6.17. The van der Waals surface area contributed by atoms with Crippen LogP contribution in [0.2, 0.25) is 0 Å². The van der Waals surface area contributed by atoms with E-state index in [-0.39, 0.29) is 18.7 Å². The van der Waals surface area contributed by atoms with Crippen molar-refractivity contribution in [1.82, 2.24) is 10.6 Å². The normalized spacial score (nSPS) is 12.6. The third-order valence-corrected chi connectivity index (χ3v) is 2.62. The van der Waals surface area contributed by atoms with Crippen molar-refractivity contribution in [2.24, 2.45) is 0 Å². The molecule has 1 unspecified atom stereocenters. The molecule has 0 aliphatic rings. The second kappa shape index (κ2) is 7.07. The summed E-state index contributed by atoms with van der Waals surface area (Å²) in [5, 5.41) is 14.2. The molecule has 0 heterocycles. The molecule has 1 rings (SSSR count). The summed E-state index contributed by atoms with van der Waals surface area (Å²) in [6, 6.07) is 3.91. The maximum Gasteiger partial charge on any atom is 0.416 e. The van der Waals surface area contributed by atoms with Crippen LogP contribution in [0.5, 0.6) is 0 Å². The summed E-state index contributed by atoms with van der Waals surface area (Å²) in [7, 11) is 0. The van der Waals surface area contributed by atoms with Crippen LogP contribution in [0.15, 0.2) is 24.3 Å². The van der Waals surface area contributed by atoms with E-state index in [2.05, 4.69) is 10.6 Å². The Kier molecular flexibility index (Phi) is 5.71. The van der Waals surface area contributed by atoms with E-state index in [4.69, 9.17) is 0 Å². The van der Waals surface area contributed by atoms with Crippen molar-refractivity contribution in [3.05, 3.63) is 35.4 Å². The highest BCUT2D eigenvalue weighted by atomic mass is 19.4. The number of likely N-dealkylation sites (N-methyl/N-ethyl adjacent to an activating group) is 1. The van der Waals surface area contributed by atoms with Crippen LogP contribution in [-0.4, -0.2) is 30.0 Å². The average Bonchev–Trinajstić information content (AvgIpc) is 2.43. The standard InChI is InChI=1S/C13H15F3N2O3/c1-2-17-11(20)12(21)18-7-10(19)8-3-5-9(6-4-8)13(14,15)16/h3-6,10,19H,2,7H2,1H3,(H,17,20)(H,18,21). The maximum absolute atomic E-state index is 12.4. The van der Waals surface area contributed by atoms with Gasteiger partial charge in [-0.2, -0.15) is 13.2 Å². The van der Waals surface area contributed by atoms with Crippen molar-refractivity contribution >= 4 is 11.8 Å². The van der Waals surface area contributed by atoms with Gasteiger partial charge in [-0.25, -0.2) is 0 Å². The van der Waals surface area contributed by atoms with E-state index in [1.807, 2.05) is 0 Å². The third-order valence-electron chi connectivity index (χ3n) is 2.62. The highest BCUT2D eigenvalue weighted by Crippen LogP contribution is 2.29. The van der Waals surface area contributed by atoms with Crippen LogP contribution in [0.4, 0.5) is 13.2 Å². The number of hydrogen-bond acceptors (Lipinski definition) is 3. The van der Waals surface area contributed by atoms with E-state index in [0.29, 0.717) is 0 Å². The molecule has 0 radical (unpaired) electrons. The SMILES string of the molecule is CCNC(=O)C(=O)NCC(O)c1ccc(C(F)(F)F)cc1. The first-order valence-corrected chi connectivity index (χ1v) is 6.17. The van der Waals surface area contributed by atoms with E-state index in [0.717, 1.165) is 24.3 Å². The van der Waals surface area contributed by atoms with E-state index in [1.165, 1.54) is 0 Å². The Bertz CT molecular complexity index is 500. The molecule has 0 saturated carbocycles. The summed E-state index contributed by atoms with van der Waals surface area (Å²) < 4.78 is 37.1. The monoisotopic (exact) mass is 304 g/mol. The lowest BCUT2D eigenvalue weighted by molar-refractivity contribution is -0.139. The van der Waals surface area contributed by atoms with Crippen LogP contribution >= 0.6 is 0 Å². The number of hydrogen-bond donors (Lipinski definition) is 3. The van der Waals surface area contributed by atoms with Crippen LogP contribution < -0.4 is 10.6 Å². The number of alkyl halides is 3. The molecule has 1 aromatic carbocycles. The van der Waals surface area contributed by atoms with Crippen molar-refractivity contribution < 1.29 is 27.9 Å². The molecular formula is C13H15F3N2O3. The maximum atomic E-state index is 12.4. The minimum absolute atomic E-state index is 0.208. The average molecular weight is 304 g/mol. The van der Waals surface area contributed by atoms with Crippen LogP contribution in [0, 0.1) is 0 Å². The molecule has 2 amide bonds.